The molecule has 0 unspecified atom stereocenters. The molecular weight excluding hydrogens is 221 g/mol. The van der Waals surface area contributed by atoms with E-state index in [4.69, 9.17) is 16.9 Å². The highest BCUT2D eigenvalue weighted by Crippen LogP contribution is 2.24. The van der Waals surface area contributed by atoms with E-state index in [0.717, 1.165) is 6.07 Å². The topological polar surface area (TPSA) is 50.1 Å². The van der Waals surface area contributed by atoms with Gasteiger partial charge in [0.1, 0.15) is 5.82 Å². The zero-order valence-corrected chi connectivity index (χ0v) is 8.64. The highest BCUT2D eigenvalue weighted by Gasteiger charge is 2.18. The first-order valence-corrected chi connectivity index (χ1v) is 4.41. The number of benzene rings is 1. The molecule has 0 fully saturated rings. The summed E-state index contributed by atoms with van der Waals surface area (Å²) >= 11 is 5.62. The van der Waals surface area contributed by atoms with Gasteiger partial charge >= 0.3 is 5.97 Å². The molecule has 0 N–H and O–H groups in total. The molecule has 0 heterocycles. The van der Waals surface area contributed by atoms with Crippen molar-refractivity contribution in [2.24, 2.45) is 0 Å². The van der Waals surface area contributed by atoms with Gasteiger partial charge in [0, 0.05) is 0 Å². The SMILES string of the molecule is COC(=O)c1c(CC#N)ccc(F)c1Cl. The van der Waals surface area contributed by atoms with Gasteiger partial charge in [-0.25, -0.2) is 9.18 Å². The summed E-state index contributed by atoms with van der Waals surface area (Å²) in [6.45, 7) is 0. The maximum atomic E-state index is 13.1. The summed E-state index contributed by atoms with van der Waals surface area (Å²) in [6.07, 6.45) is -0.0234. The molecule has 0 saturated heterocycles. The zero-order chi connectivity index (χ0) is 11.4. The maximum Gasteiger partial charge on any atom is 0.339 e. The van der Waals surface area contributed by atoms with Crippen molar-refractivity contribution in [3.8, 4) is 6.07 Å². The number of hydrogen-bond donors (Lipinski definition) is 0. The van der Waals surface area contributed by atoms with Crippen LogP contribution in [0.25, 0.3) is 0 Å². The number of nitriles is 1. The number of rotatable bonds is 2. The molecule has 5 heteroatoms. The molecule has 78 valence electrons. The van der Waals surface area contributed by atoms with E-state index in [1.165, 1.54) is 13.2 Å². The predicted octanol–water partition coefficient (Wildman–Crippen LogP) is 2.33. The molecule has 3 nitrogen and oxygen atoms in total. The van der Waals surface area contributed by atoms with Gasteiger partial charge in [0.25, 0.3) is 0 Å². The summed E-state index contributed by atoms with van der Waals surface area (Å²) in [5.41, 5.74) is 0.275. The van der Waals surface area contributed by atoms with Crippen LogP contribution in [0.15, 0.2) is 12.1 Å². The van der Waals surface area contributed by atoms with Gasteiger partial charge in [-0.15, -0.1) is 0 Å². The number of esters is 1. The van der Waals surface area contributed by atoms with E-state index >= 15 is 0 Å². The van der Waals surface area contributed by atoms with E-state index in [9.17, 15) is 9.18 Å². The van der Waals surface area contributed by atoms with Crippen molar-refractivity contribution in [3.63, 3.8) is 0 Å². The summed E-state index contributed by atoms with van der Waals surface area (Å²) in [5, 5.41) is 8.21. The van der Waals surface area contributed by atoms with Crippen molar-refractivity contribution in [1.82, 2.24) is 0 Å². The van der Waals surface area contributed by atoms with E-state index in [1.807, 2.05) is 6.07 Å². The highest BCUT2D eigenvalue weighted by molar-refractivity contribution is 6.33. The first-order chi connectivity index (χ1) is 7.11. The average molecular weight is 228 g/mol. The van der Waals surface area contributed by atoms with Crippen molar-refractivity contribution < 1.29 is 13.9 Å². The molecule has 1 aromatic carbocycles. The Morgan fingerprint density at radius 3 is 2.87 bits per heavy atom. The van der Waals surface area contributed by atoms with E-state index in [-0.39, 0.29) is 17.0 Å². The normalized spacial score (nSPS) is 9.47. The molecule has 0 aliphatic rings. The zero-order valence-electron chi connectivity index (χ0n) is 7.88. The highest BCUT2D eigenvalue weighted by atomic mass is 35.5. The van der Waals surface area contributed by atoms with Crippen LogP contribution in [0.2, 0.25) is 5.02 Å². The standard InChI is InChI=1S/C10H7ClFNO2/c1-15-10(14)8-6(4-5-13)2-3-7(12)9(8)11/h2-3H,4H2,1H3. The molecule has 0 aliphatic carbocycles. The van der Waals surface area contributed by atoms with Crippen LogP contribution in [0.3, 0.4) is 0 Å². The summed E-state index contributed by atoms with van der Waals surface area (Å²) in [4.78, 5) is 11.3. The molecule has 0 aliphatic heterocycles. The van der Waals surface area contributed by atoms with E-state index < -0.39 is 11.8 Å². The van der Waals surface area contributed by atoms with Crippen molar-refractivity contribution in [2.45, 2.75) is 6.42 Å². The molecule has 1 aromatic rings. The molecule has 0 spiro atoms. The molecule has 0 aromatic heterocycles. The second kappa shape index (κ2) is 4.76. The number of ether oxygens (including phenoxy) is 1. The molecule has 0 saturated carbocycles. The van der Waals surface area contributed by atoms with Gasteiger partial charge in [-0.05, 0) is 11.6 Å². The number of hydrogen-bond acceptors (Lipinski definition) is 3. The number of nitrogens with zero attached hydrogens (tertiary/aromatic N) is 1. The van der Waals surface area contributed by atoms with Crippen molar-refractivity contribution >= 4 is 17.6 Å². The van der Waals surface area contributed by atoms with Gasteiger partial charge in [0.15, 0.2) is 0 Å². The maximum absolute atomic E-state index is 13.1. The van der Waals surface area contributed by atoms with Gasteiger partial charge in [-0.1, -0.05) is 17.7 Å². The van der Waals surface area contributed by atoms with Crippen LogP contribution in [0.1, 0.15) is 15.9 Å². The van der Waals surface area contributed by atoms with Crippen molar-refractivity contribution in [3.05, 3.63) is 34.1 Å². The third-order valence-corrected chi connectivity index (χ3v) is 2.21. The largest absolute Gasteiger partial charge is 0.465 e. The third-order valence-electron chi connectivity index (χ3n) is 1.84. The number of carbonyl (C=O) groups is 1. The summed E-state index contributed by atoms with van der Waals surface area (Å²) < 4.78 is 17.5. The molecular formula is C10H7ClFNO2. The fraction of sp³-hybridized carbons (Fsp3) is 0.200. The molecule has 15 heavy (non-hydrogen) atoms. The van der Waals surface area contributed by atoms with Gasteiger partial charge in [-0.3, -0.25) is 0 Å². The van der Waals surface area contributed by atoms with Crippen LogP contribution in [0, 0.1) is 17.1 Å². The third kappa shape index (κ3) is 2.25. The van der Waals surface area contributed by atoms with Crippen LogP contribution in [-0.2, 0) is 11.2 Å². The Balaban J connectivity index is 3.36. The van der Waals surface area contributed by atoms with Gasteiger partial charge < -0.3 is 4.74 Å². The minimum atomic E-state index is -0.746. The second-order valence-corrected chi connectivity index (χ2v) is 3.10. The Labute approximate surface area is 91.0 Å². The van der Waals surface area contributed by atoms with Gasteiger partial charge in [0.05, 0.1) is 30.2 Å². The first kappa shape index (κ1) is 11.5. The van der Waals surface area contributed by atoms with Crippen LogP contribution < -0.4 is 0 Å². The number of carbonyl (C=O) groups excluding carboxylic acids is 1. The molecule has 0 radical (unpaired) electrons. The minimum absolute atomic E-state index is 0.0234. The molecule has 0 bridgehead atoms. The Morgan fingerprint density at radius 2 is 2.33 bits per heavy atom. The van der Waals surface area contributed by atoms with Crippen LogP contribution in [-0.4, -0.2) is 13.1 Å². The van der Waals surface area contributed by atoms with E-state index in [1.54, 1.807) is 0 Å². The molecule has 0 atom stereocenters. The fourth-order valence-electron chi connectivity index (χ4n) is 1.15. The summed E-state index contributed by atoms with van der Waals surface area (Å²) in [7, 11) is 1.17. The Kier molecular flexibility index (Phi) is 3.64. The van der Waals surface area contributed by atoms with Gasteiger partial charge in [0.2, 0.25) is 0 Å². The van der Waals surface area contributed by atoms with E-state index in [0.29, 0.717) is 5.56 Å². The van der Waals surface area contributed by atoms with Crippen molar-refractivity contribution in [2.75, 3.05) is 7.11 Å². The average Bonchev–Trinajstić information content (AvgIpc) is 2.23. The smallest absolute Gasteiger partial charge is 0.339 e. The Hall–Kier alpha value is -1.60. The number of methoxy groups -OCH3 is 1. The van der Waals surface area contributed by atoms with Crippen LogP contribution in [0.5, 0.6) is 0 Å². The summed E-state index contributed by atoms with van der Waals surface area (Å²) in [6, 6.07) is 4.32. The van der Waals surface area contributed by atoms with Crippen LogP contribution >= 0.6 is 11.6 Å². The number of halogens is 2. The Morgan fingerprint density at radius 1 is 1.67 bits per heavy atom. The second-order valence-electron chi connectivity index (χ2n) is 2.72. The van der Waals surface area contributed by atoms with E-state index in [2.05, 4.69) is 4.74 Å². The lowest BCUT2D eigenvalue weighted by molar-refractivity contribution is 0.0599. The minimum Gasteiger partial charge on any atom is -0.465 e. The fourth-order valence-corrected chi connectivity index (χ4v) is 1.41. The quantitative estimate of drug-likeness (QED) is 0.729. The predicted molar refractivity (Wildman–Crippen MR) is 52.1 cm³/mol. The summed E-state index contributed by atoms with van der Waals surface area (Å²) in [5.74, 6) is -1.46. The Bertz CT molecular complexity index is 440. The lowest BCUT2D eigenvalue weighted by Gasteiger charge is -2.07. The van der Waals surface area contributed by atoms with Crippen molar-refractivity contribution in [1.29, 1.82) is 5.26 Å². The lowest BCUT2D eigenvalue weighted by atomic mass is 10.0. The lowest BCUT2D eigenvalue weighted by Crippen LogP contribution is -2.07. The first-order valence-electron chi connectivity index (χ1n) is 4.04. The monoisotopic (exact) mass is 227 g/mol. The molecule has 1 rings (SSSR count). The van der Waals surface area contributed by atoms with Crippen LogP contribution in [0.4, 0.5) is 4.39 Å². The van der Waals surface area contributed by atoms with Gasteiger partial charge in [-0.2, -0.15) is 5.26 Å². The molecule has 0 amide bonds.